The highest BCUT2D eigenvalue weighted by molar-refractivity contribution is 7.99. The van der Waals surface area contributed by atoms with E-state index in [-0.39, 0.29) is 18.3 Å². The highest BCUT2D eigenvalue weighted by atomic mass is 32.2. The largest absolute Gasteiger partial charge is 0.396 e. The SMILES string of the molecule is CCC(CCO)CNC(=O)CCSc1ccccc1F. The quantitative estimate of drug-likeness (QED) is 0.689. The van der Waals surface area contributed by atoms with E-state index in [1.54, 1.807) is 18.2 Å². The summed E-state index contributed by atoms with van der Waals surface area (Å²) in [5, 5.41) is 11.7. The van der Waals surface area contributed by atoms with Crippen molar-refractivity contribution in [2.75, 3.05) is 18.9 Å². The van der Waals surface area contributed by atoms with E-state index < -0.39 is 0 Å². The van der Waals surface area contributed by atoms with Gasteiger partial charge in [0.05, 0.1) is 0 Å². The minimum Gasteiger partial charge on any atom is -0.396 e. The van der Waals surface area contributed by atoms with E-state index in [9.17, 15) is 9.18 Å². The van der Waals surface area contributed by atoms with E-state index in [1.807, 2.05) is 6.92 Å². The van der Waals surface area contributed by atoms with Crippen molar-refractivity contribution in [2.24, 2.45) is 5.92 Å². The molecule has 1 aromatic rings. The summed E-state index contributed by atoms with van der Waals surface area (Å²) >= 11 is 1.35. The highest BCUT2D eigenvalue weighted by Crippen LogP contribution is 2.21. The zero-order chi connectivity index (χ0) is 14.8. The van der Waals surface area contributed by atoms with E-state index in [0.29, 0.717) is 36.0 Å². The predicted octanol–water partition coefficient (Wildman–Crippen LogP) is 2.83. The van der Waals surface area contributed by atoms with Crippen LogP contribution in [0.5, 0.6) is 0 Å². The van der Waals surface area contributed by atoms with Gasteiger partial charge in [0, 0.05) is 30.2 Å². The molecule has 0 saturated heterocycles. The Balaban J connectivity index is 2.22. The van der Waals surface area contributed by atoms with Crippen LogP contribution in [0, 0.1) is 11.7 Å². The zero-order valence-electron chi connectivity index (χ0n) is 11.8. The monoisotopic (exact) mass is 299 g/mol. The Bertz CT molecular complexity index is 415. The summed E-state index contributed by atoms with van der Waals surface area (Å²) in [7, 11) is 0. The summed E-state index contributed by atoms with van der Waals surface area (Å²) < 4.78 is 13.4. The molecular weight excluding hydrogens is 277 g/mol. The lowest BCUT2D eigenvalue weighted by Crippen LogP contribution is -2.29. The maximum absolute atomic E-state index is 13.4. The number of carbonyl (C=O) groups excluding carboxylic acids is 1. The van der Waals surface area contributed by atoms with Gasteiger partial charge in [-0.2, -0.15) is 0 Å². The fourth-order valence-electron chi connectivity index (χ4n) is 1.80. The second kappa shape index (κ2) is 9.77. The molecule has 0 saturated carbocycles. The van der Waals surface area contributed by atoms with Crippen molar-refractivity contribution in [3.8, 4) is 0 Å². The van der Waals surface area contributed by atoms with Crippen molar-refractivity contribution in [1.29, 1.82) is 0 Å². The molecule has 1 rings (SSSR count). The smallest absolute Gasteiger partial charge is 0.220 e. The Hall–Kier alpha value is -1.07. The van der Waals surface area contributed by atoms with Crippen LogP contribution in [-0.4, -0.2) is 29.9 Å². The van der Waals surface area contributed by atoms with E-state index in [0.717, 1.165) is 6.42 Å². The molecule has 20 heavy (non-hydrogen) atoms. The van der Waals surface area contributed by atoms with Crippen molar-refractivity contribution in [3.05, 3.63) is 30.1 Å². The molecule has 0 radical (unpaired) electrons. The van der Waals surface area contributed by atoms with Crippen LogP contribution in [0.4, 0.5) is 4.39 Å². The molecule has 0 aliphatic heterocycles. The van der Waals surface area contributed by atoms with Crippen molar-refractivity contribution in [2.45, 2.75) is 31.1 Å². The van der Waals surface area contributed by atoms with E-state index >= 15 is 0 Å². The van der Waals surface area contributed by atoms with Crippen molar-refractivity contribution >= 4 is 17.7 Å². The van der Waals surface area contributed by atoms with Crippen LogP contribution in [0.1, 0.15) is 26.2 Å². The zero-order valence-corrected chi connectivity index (χ0v) is 12.6. The van der Waals surface area contributed by atoms with Crippen LogP contribution in [0.15, 0.2) is 29.2 Å². The third kappa shape index (κ3) is 6.39. The number of amides is 1. The first-order valence-electron chi connectivity index (χ1n) is 6.92. The average molecular weight is 299 g/mol. The van der Waals surface area contributed by atoms with Crippen molar-refractivity contribution in [1.82, 2.24) is 5.32 Å². The summed E-state index contributed by atoms with van der Waals surface area (Å²) in [6.45, 7) is 2.79. The average Bonchev–Trinajstić information content (AvgIpc) is 2.45. The molecule has 0 spiro atoms. The van der Waals surface area contributed by atoms with Crippen LogP contribution in [-0.2, 0) is 4.79 Å². The van der Waals surface area contributed by atoms with Gasteiger partial charge in [0.25, 0.3) is 0 Å². The van der Waals surface area contributed by atoms with Gasteiger partial charge < -0.3 is 10.4 Å². The van der Waals surface area contributed by atoms with E-state index in [2.05, 4.69) is 5.32 Å². The molecule has 0 aliphatic rings. The Morgan fingerprint density at radius 2 is 2.20 bits per heavy atom. The predicted molar refractivity (Wildman–Crippen MR) is 80.2 cm³/mol. The van der Waals surface area contributed by atoms with Crippen LogP contribution in [0.2, 0.25) is 0 Å². The molecule has 0 aliphatic carbocycles. The summed E-state index contributed by atoms with van der Waals surface area (Å²) in [5.74, 6) is 0.615. The molecule has 1 unspecified atom stereocenters. The molecule has 1 amide bonds. The molecule has 1 aromatic carbocycles. The fraction of sp³-hybridized carbons (Fsp3) is 0.533. The van der Waals surface area contributed by atoms with Gasteiger partial charge >= 0.3 is 0 Å². The minimum atomic E-state index is -0.244. The van der Waals surface area contributed by atoms with Crippen LogP contribution in [0.25, 0.3) is 0 Å². The van der Waals surface area contributed by atoms with Crippen LogP contribution < -0.4 is 5.32 Å². The third-order valence-electron chi connectivity index (χ3n) is 3.13. The van der Waals surface area contributed by atoms with Gasteiger partial charge in [-0.1, -0.05) is 25.5 Å². The molecule has 2 N–H and O–H groups in total. The van der Waals surface area contributed by atoms with Crippen molar-refractivity contribution < 1.29 is 14.3 Å². The van der Waals surface area contributed by atoms with Gasteiger partial charge in [-0.25, -0.2) is 4.39 Å². The fourth-order valence-corrected chi connectivity index (χ4v) is 2.68. The van der Waals surface area contributed by atoms with Crippen molar-refractivity contribution in [3.63, 3.8) is 0 Å². The van der Waals surface area contributed by atoms with Gasteiger partial charge in [-0.05, 0) is 24.5 Å². The molecule has 0 bridgehead atoms. The lowest BCUT2D eigenvalue weighted by atomic mass is 10.0. The lowest BCUT2D eigenvalue weighted by molar-refractivity contribution is -0.120. The summed E-state index contributed by atoms with van der Waals surface area (Å²) in [4.78, 5) is 12.2. The molecular formula is C15H22FNO2S. The number of aliphatic hydroxyl groups excluding tert-OH is 1. The van der Waals surface area contributed by atoms with E-state index in [1.165, 1.54) is 17.8 Å². The number of halogens is 1. The highest BCUT2D eigenvalue weighted by Gasteiger charge is 2.08. The molecule has 3 nitrogen and oxygen atoms in total. The molecule has 112 valence electrons. The van der Waals surface area contributed by atoms with Gasteiger partial charge in [-0.3, -0.25) is 4.79 Å². The summed E-state index contributed by atoms with van der Waals surface area (Å²) in [6.07, 6.45) is 2.01. The molecule has 0 fully saturated rings. The minimum absolute atomic E-state index is 0.0229. The molecule has 5 heteroatoms. The number of aliphatic hydroxyl groups is 1. The normalized spacial score (nSPS) is 12.2. The van der Waals surface area contributed by atoms with Gasteiger partial charge in [0.15, 0.2) is 0 Å². The Morgan fingerprint density at radius 1 is 1.45 bits per heavy atom. The Kier molecular flexibility index (Phi) is 8.30. The molecule has 1 atom stereocenters. The second-order valence-electron chi connectivity index (χ2n) is 4.62. The number of carbonyl (C=O) groups is 1. The third-order valence-corrected chi connectivity index (χ3v) is 4.18. The van der Waals surface area contributed by atoms with Gasteiger partial charge in [0.2, 0.25) is 5.91 Å². The first kappa shape index (κ1) is 17.0. The number of thioether (sulfide) groups is 1. The molecule has 0 aromatic heterocycles. The van der Waals surface area contributed by atoms with Crippen LogP contribution >= 0.6 is 11.8 Å². The Labute approximate surface area is 124 Å². The standard InChI is InChI=1S/C15H22FNO2S/c1-2-12(7-9-18)11-17-15(19)8-10-20-14-6-4-3-5-13(14)16/h3-6,12,18H,2,7-11H2,1H3,(H,17,19). The number of hydrogen-bond acceptors (Lipinski definition) is 3. The van der Waals surface area contributed by atoms with E-state index in [4.69, 9.17) is 5.11 Å². The maximum Gasteiger partial charge on any atom is 0.220 e. The summed E-state index contributed by atoms with van der Waals surface area (Å²) in [6, 6.07) is 6.57. The summed E-state index contributed by atoms with van der Waals surface area (Å²) in [5.41, 5.74) is 0. The first-order valence-corrected chi connectivity index (χ1v) is 7.90. The number of rotatable bonds is 9. The second-order valence-corrected chi connectivity index (χ2v) is 5.76. The number of nitrogens with one attached hydrogen (secondary N) is 1. The number of hydrogen-bond donors (Lipinski definition) is 2. The Morgan fingerprint density at radius 3 is 2.85 bits per heavy atom. The topological polar surface area (TPSA) is 49.3 Å². The molecule has 0 heterocycles. The van der Waals surface area contributed by atoms with Crippen LogP contribution in [0.3, 0.4) is 0 Å². The van der Waals surface area contributed by atoms with Gasteiger partial charge in [-0.15, -0.1) is 11.8 Å². The first-order chi connectivity index (χ1) is 9.67. The lowest BCUT2D eigenvalue weighted by Gasteiger charge is -2.14. The maximum atomic E-state index is 13.4. The van der Waals surface area contributed by atoms with Gasteiger partial charge in [0.1, 0.15) is 5.82 Å². The number of benzene rings is 1.